The number of ether oxygens (including phenoxy) is 1. The van der Waals surface area contributed by atoms with Gasteiger partial charge < -0.3 is 4.74 Å². The smallest absolute Gasteiger partial charge is 0.220 e. The van der Waals surface area contributed by atoms with Gasteiger partial charge in [-0.2, -0.15) is 0 Å². The molecule has 13 aromatic rings. The second kappa shape index (κ2) is 14.3. The number of rotatable bonds is 8. The summed E-state index contributed by atoms with van der Waals surface area (Å²) in [6.45, 7) is 0. The molecule has 4 aromatic heterocycles. The zero-order valence-electron chi connectivity index (χ0n) is 34.5. The predicted molar refractivity (Wildman–Crippen MR) is 263 cm³/mol. The molecule has 0 atom stereocenters. The lowest BCUT2D eigenvalue weighted by Crippen LogP contribution is -2.74. The van der Waals surface area contributed by atoms with Crippen molar-refractivity contribution in [2.75, 3.05) is 0 Å². The SMILES string of the molecule is c1ccc([Si](c2ccccc2)(c2ccccc2)c2cc(Oc3cccc(-n4c5ccccc5n5c6ccccc6nc45)c3)cc(-n3c4ccccc4n4c5ccccc5nc34)c2)cc1. The fraction of sp³-hybridized carbons (Fsp3) is 0. The van der Waals surface area contributed by atoms with Gasteiger partial charge in [0.15, 0.2) is 8.07 Å². The summed E-state index contributed by atoms with van der Waals surface area (Å²) in [5.74, 6) is 3.14. The van der Waals surface area contributed by atoms with E-state index < -0.39 is 8.07 Å². The van der Waals surface area contributed by atoms with E-state index in [9.17, 15) is 0 Å². The number of imidazole rings is 4. The van der Waals surface area contributed by atoms with E-state index in [0.717, 1.165) is 72.8 Å². The van der Waals surface area contributed by atoms with E-state index in [-0.39, 0.29) is 0 Å². The molecule has 9 aromatic carbocycles. The average Bonchev–Trinajstić information content (AvgIpc) is 4.09. The van der Waals surface area contributed by atoms with Crippen LogP contribution in [-0.2, 0) is 0 Å². The Bertz CT molecular complexity index is 3790. The molecule has 0 radical (unpaired) electrons. The van der Waals surface area contributed by atoms with E-state index in [1.807, 2.05) is 12.1 Å². The molecule has 0 aliphatic heterocycles. The average molecular weight is 839 g/mol. The minimum absolute atomic E-state index is 0.716. The van der Waals surface area contributed by atoms with E-state index >= 15 is 0 Å². The van der Waals surface area contributed by atoms with Crippen molar-refractivity contribution in [3.8, 4) is 22.9 Å². The number of hydrogen-bond donors (Lipinski definition) is 0. The molecule has 0 bridgehead atoms. The van der Waals surface area contributed by atoms with Crippen LogP contribution in [0.1, 0.15) is 0 Å². The molecule has 0 fully saturated rings. The largest absolute Gasteiger partial charge is 0.457 e. The van der Waals surface area contributed by atoms with E-state index in [0.29, 0.717) is 5.75 Å². The van der Waals surface area contributed by atoms with E-state index in [1.54, 1.807) is 0 Å². The van der Waals surface area contributed by atoms with Crippen molar-refractivity contribution < 1.29 is 4.74 Å². The third kappa shape index (κ3) is 5.39. The molecule has 0 unspecified atom stereocenters. The van der Waals surface area contributed by atoms with Crippen LogP contribution in [0.25, 0.3) is 67.1 Å². The number of benzene rings is 9. The minimum atomic E-state index is -3.03. The molecule has 7 nitrogen and oxygen atoms in total. The Kier molecular flexibility index (Phi) is 8.09. The summed E-state index contributed by atoms with van der Waals surface area (Å²) in [6, 6.07) is 82.1. The maximum Gasteiger partial charge on any atom is 0.220 e. The summed E-state index contributed by atoms with van der Waals surface area (Å²) in [5, 5.41) is 5.03. The normalized spacial score (nSPS) is 12.1. The second-order valence-corrected chi connectivity index (χ2v) is 20.1. The van der Waals surface area contributed by atoms with Crippen molar-refractivity contribution in [2.45, 2.75) is 0 Å². The zero-order valence-corrected chi connectivity index (χ0v) is 35.5. The molecule has 8 heteroatoms. The number of aromatic nitrogens is 6. The molecular formula is C56H38N6OSi. The maximum absolute atomic E-state index is 7.21. The number of fused-ring (bicyclic) bond motifs is 10. The molecule has 0 N–H and O–H groups in total. The monoisotopic (exact) mass is 838 g/mol. The Morgan fingerprint density at radius 2 is 0.734 bits per heavy atom. The van der Waals surface area contributed by atoms with Gasteiger partial charge in [0.25, 0.3) is 0 Å². The van der Waals surface area contributed by atoms with E-state index in [2.05, 4.69) is 236 Å². The van der Waals surface area contributed by atoms with Crippen molar-refractivity contribution in [3.63, 3.8) is 0 Å². The number of hydrogen-bond acceptors (Lipinski definition) is 3. The quantitative estimate of drug-likeness (QED) is 0.113. The van der Waals surface area contributed by atoms with Gasteiger partial charge in [0.05, 0.1) is 55.5 Å². The zero-order chi connectivity index (χ0) is 42.2. The van der Waals surface area contributed by atoms with Crippen LogP contribution >= 0.6 is 0 Å². The van der Waals surface area contributed by atoms with Gasteiger partial charge in [-0.1, -0.05) is 146 Å². The Balaban J connectivity index is 1.08. The van der Waals surface area contributed by atoms with Gasteiger partial charge in [-0.05, 0) is 93.5 Å². The van der Waals surface area contributed by atoms with E-state index in [1.165, 1.54) is 20.7 Å². The van der Waals surface area contributed by atoms with Crippen LogP contribution in [0.3, 0.4) is 0 Å². The van der Waals surface area contributed by atoms with Gasteiger partial charge in [-0.15, -0.1) is 0 Å². The van der Waals surface area contributed by atoms with Gasteiger partial charge in [0.1, 0.15) is 11.5 Å². The predicted octanol–water partition coefficient (Wildman–Crippen LogP) is 10.3. The first-order valence-corrected chi connectivity index (χ1v) is 23.6. The molecule has 13 rings (SSSR count). The third-order valence-electron chi connectivity index (χ3n) is 12.7. The lowest BCUT2D eigenvalue weighted by molar-refractivity contribution is 0.482. The summed E-state index contributed by atoms with van der Waals surface area (Å²) in [6.07, 6.45) is 0. The van der Waals surface area contributed by atoms with Crippen molar-refractivity contribution >= 4 is 84.5 Å². The molecule has 0 amide bonds. The lowest BCUT2D eigenvalue weighted by atomic mass is 10.2. The maximum atomic E-state index is 7.21. The summed E-state index contributed by atoms with van der Waals surface area (Å²) in [7, 11) is -3.03. The molecule has 0 saturated heterocycles. The molecule has 0 saturated carbocycles. The standard InChI is InChI=1S/C56H38N6OSi/c1-4-21-43(22-5-1)64(44-23-6-2-7-24-44,45-25-8-3-9-26-45)46-37-40(60-52-32-15-17-34-54(52)62-50-30-13-11-28-48(50)58-56(60)62)36-42(38-46)63-41-20-18-19-39(35-41)59-51-31-14-16-33-53(51)61-49-29-12-10-27-47(49)57-55(59)61/h1-38H. The number of para-hydroxylation sites is 8. The van der Waals surface area contributed by atoms with E-state index in [4.69, 9.17) is 14.7 Å². The van der Waals surface area contributed by atoms with Crippen LogP contribution in [0, 0.1) is 0 Å². The Morgan fingerprint density at radius 3 is 1.25 bits per heavy atom. The van der Waals surface area contributed by atoms with Crippen LogP contribution < -0.4 is 25.5 Å². The molecular weight excluding hydrogens is 801 g/mol. The van der Waals surface area contributed by atoms with Gasteiger partial charge in [0.2, 0.25) is 11.6 Å². The second-order valence-electron chi connectivity index (χ2n) is 16.3. The summed E-state index contributed by atoms with van der Waals surface area (Å²) in [5.41, 5.74) is 10.3. The van der Waals surface area contributed by atoms with Gasteiger partial charge in [-0.25, -0.2) is 9.97 Å². The Morgan fingerprint density at radius 1 is 0.312 bits per heavy atom. The first-order valence-electron chi connectivity index (χ1n) is 21.6. The van der Waals surface area contributed by atoms with Crippen molar-refractivity contribution in [1.82, 2.24) is 27.9 Å². The van der Waals surface area contributed by atoms with Crippen molar-refractivity contribution in [1.29, 1.82) is 0 Å². The summed E-state index contributed by atoms with van der Waals surface area (Å²) >= 11 is 0. The molecule has 4 heterocycles. The van der Waals surface area contributed by atoms with Crippen LogP contribution in [0.5, 0.6) is 11.5 Å². The molecule has 302 valence electrons. The lowest BCUT2D eigenvalue weighted by Gasteiger charge is -2.35. The van der Waals surface area contributed by atoms with Crippen molar-refractivity contribution in [2.24, 2.45) is 0 Å². The molecule has 0 spiro atoms. The van der Waals surface area contributed by atoms with Crippen LogP contribution in [0.15, 0.2) is 231 Å². The third-order valence-corrected chi connectivity index (χ3v) is 17.5. The first-order chi connectivity index (χ1) is 31.7. The highest BCUT2D eigenvalue weighted by atomic mass is 28.3. The van der Waals surface area contributed by atoms with Gasteiger partial charge >= 0.3 is 0 Å². The molecule has 0 aliphatic carbocycles. The fourth-order valence-electron chi connectivity index (χ4n) is 10.1. The fourth-order valence-corrected chi connectivity index (χ4v) is 14.9. The van der Waals surface area contributed by atoms with Gasteiger partial charge in [0, 0.05) is 12.1 Å². The Hall–Kier alpha value is -8.46. The Labute approximate surface area is 369 Å². The van der Waals surface area contributed by atoms with Gasteiger partial charge in [-0.3, -0.25) is 17.9 Å². The first kappa shape index (κ1) is 36.2. The minimum Gasteiger partial charge on any atom is -0.457 e. The highest BCUT2D eigenvalue weighted by Crippen LogP contribution is 2.34. The number of nitrogens with zero attached hydrogens (tertiary/aromatic N) is 6. The van der Waals surface area contributed by atoms with Crippen molar-refractivity contribution in [3.05, 3.63) is 231 Å². The topological polar surface area (TPSA) is 53.7 Å². The summed E-state index contributed by atoms with van der Waals surface area (Å²) < 4.78 is 16.3. The van der Waals surface area contributed by atoms with Crippen LogP contribution in [-0.4, -0.2) is 36.0 Å². The molecule has 64 heavy (non-hydrogen) atoms. The highest BCUT2D eigenvalue weighted by molar-refractivity contribution is 7.20. The van der Waals surface area contributed by atoms with Crippen LogP contribution in [0.4, 0.5) is 0 Å². The molecule has 0 aliphatic rings. The highest BCUT2D eigenvalue weighted by Gasteiger charge is 2.42. The summed E-state index contributed by atoms with van der Waals surface area (Å²) in [4.78, 5) is 10.5. The van der Waals surface area contributed by atoms with Crippen LogP contribution in [0.2, 0.25) is 0 Å².